The summed E-state index contributed by atoms with van der Waals surface area (Å²) < 4.78 is 13.3. The molecule has 0 fully saturated rings. The minimum absolute atomic E-state index is 0.190. The Morgan fingerprint density at radius 1 is 1.06 bits per heavy atom. The first kappa shape index (κ1) is 12.4. The van der Waals surface area contributed by atoms with Gasteiger partial charge < -0.3 is 10.6 Å². The van der Waals surface area contributed by atoms with Crippen LogP contribution in [0.1, 0.15) is 11.1 Å². The van der Waals surface area contributed by atoms with Crippen LogP contribution < -0.4 is 10.6 Å². The van der Waals surface area contributed by atoms with E-state index < -0.39 is 0 Å². The zero-order chi connectivity index (χ0) is 13.3. The monoisotopic (exact) mass is 244 g/mol. The van der Waals surface area contributed by atoms with Gasteiger partial charge in [-0.2, -0.15) is 0 Å². The second kappa shape index (κ2) is 4.69. The van der Waals surface area contributed by atoms with E-state index in [-0.39, 0.29) is 5.82 Å². The van der Waals surface area contributed by atoms with Gasteiger partial charge in [0.15, 0.2) is 0 Å². The van der Waals surface area contributed by atoms with E-state index in [0.29, 0.717) is 5.56 Å². The fourth-order valence-electron chi connectivity index (χ4n) is 2.11. The maximum absolute atomic E-state index is 13.3. The van der Waals surface area contributed by atoms with Gasteiger partial charge in [-0.05, 0) is 49.2 Å². The molecule has 0 saturated heterocycles. The molecule has 2 aromatic rings. The number of nitrogens with zero attached hydrogens (tertiary/aromatic N) is 1. The lowest BCUT2D eigenvalue weighted by Gasteiger charge is -2.23. The van der Waals surface area contributed by atoms with Crippen LogP contribution in [0.3, 0.4) is 0 Å². The number of anilines is 3. The summed E-state index contributed by atoms with van der Waals surface area (Å²) in [5.41, 5.74) is 10.3. The number of hydrogen-bond donors (Lipinski definition) is 1. The normalized spacial score (nSPS) is 10.4. The van der Waals surface area contributed by atoms with Crippen LogP contribution in [-0.4, -0.2) is 7.05 Å². The van der Waals surface area contributed by atoms with Gasteiger partial charge in [-0.25, -0.2) is 4.39 Å². The Hall–Kier alpha value is -2.03. The summed E-state index contributed by atoms with van der Waals surface area (Å²) in [6.07, 6.45) is 0. The van der Waals surface area contributed by atoms with Crippen molar-refractivity contribution >= 4 is 17.1 Å². The Morgan fingerprint density at radius 3 is 2.39 bits per heavy atom. The van der Waals surface area contributed by atoms with Crippen molar-refractivity contribution < 1.29 is 4.39 Å². The SMILES string of the molecule is Cc1cc(N(C)c2c(C)cccc2N)ccc1F. The van der Waals surface area contributed by atoms with Gasteiger partial charge in [-0.1, -0.05) is 12.1 Å². The summed E-state index contributed by atoms with van der Waals surface area (Å²) in [6, 6.07) is 10.9. The van der Waals surface area contributed by atoms with Crippen molar-refractivity contribution in [2.75, 3.05) is 17.7 Å². The van der Waals surface area contributed by atoms with E-state index in [1.807, 2.05) is 43.1 Å². The van der Waals surface area contributed by atoms with Gasteiger partial charge in [-0.15, -0.1) is 0 Å². The Kier molecular flexibility index (Phi) is 3.24. The topological polar surface area (TPSA) is 29.3 Å². The Bertz CT molecular complexity index is 558. The molecule has 2 rings (SSSR count). The highest BCUT2D eigenvalue weighted by atomic mass is 19.1. The summed E-state index contributed by atoms with van der Waals surface area (Å²) in [6.45, 7) is 3.77. The number of aryl methyl sites for hydroxylation is 2. The first-order valence-corrected chi connectivity index (χ1v) is 5.85. The van der Waals surface area contributed by atoms with Crippen LogP contribution in [0.15, 0.2) is 36.4 Å². The molecule has 18 heavy (non-hydrogen) atoms. The van der Waals surface area contributed by atoms with Crippen molar-refractivity contribution in [3.63, 3.8) is 0 Å². The molecule has 0 aliphatic heterocycles. The average Bonchev–Trinajstić information content (AvgIpc) is 2.32. The van der Waals surface area contributed by atoms with Crippen LogP contribution in [0.2, 0.25) is 0 Å². The molecule has 0 saturated carbocycles. The van der Waals surface area contributed by atoms with Crippen molar-refractivity contribution in [3.05, 3.63) is 53.3 Å². The molecule has 94 valence electrons. The second-order valence-electron chi connectivity index (χ2n) is 4.51. The standard InChI is InChI=1S/C15H17FN2/c1-10-5-4-6-14(17)15(10)18(3)12-7-8-13(16)11(2)9-12/h4-9H,17H2,1-3H3. The smallest absolute Gasteiger partial charge is 0.126 e. The number of rotatable bonds is 2. The van der Waals surface area contributed by atoms with E-state index >= 15 is 0 Å². The molecule has 0 bridgehead atoms. The average molecular weight is 244 g/mol. The minimum atomic E-state index is -0.190. The molecule has 0 amide bonds. The van der Waals surface area contributed by atoms with Gasteiger partial charge in [0.1, 0.15) is 5.82 Å². The molecule has 0 atom stereocenters. The van der Waals surface area contributed by atoms with Crippen LogP contribution in [0.25, 0.3) is 0 Å². The maximum Gasteiger partial charge on any atom is 0.126 e. The van der Waals surface area contributed by atoms with Crippen LogP contribution in [0, 0.1) is 19.7 Å². The second-order valence-corrected chi connectivity index (χ2v) is 4.51. The fraction of sp³-hybridized carbons (Fsp3) is 0.200. The van der Waals surface area contributed by atoms with Crippen LogP contribution in [-0.2, 0) is 0 Å². The summed E-state index contributed by atoms with van der Waals surface area (Å²) >= 11 is 0. The van der Waals surface area contributed by atoms with Crippen molar-refractivity contribution in [3.8, 4) is 0 Å². The number of halogens is 1. The minimum Gasteiger partial charge on any atom is -0.397 e. The van der Waals surface area contributed by atoms with E-state index in [1.165, 1.54) is 6.07 Å². The van der Waals surface area contributed by atoms with E-state index in [9.17, 15) is 4.39 Å². The van der Waals surface area contributed by atoms with Gasteiger partial charge in [0.2, 0.25) is 0 Å². The van der Waals surface area contributed by atoms with E-state index in [0.717, 1.165) is 22.6 Å². The number of hydrogen-bond acceptors (Lipinski definition) is 2. The highest BCUT2D eigenvalue weighted by molar-refractivity contribution is 5.77. The first-order chi connectivity index (χ1) is 8.50. The van der Waals surface area contributed by atoms with Gasteiger partial charge in [0, 0.05) is 12.7 Å². The highest BCUT2D eigenvalue weighted by Crippen LogP contribution is 2.32. The fourth-order valence-corrected chi connectivity index (χ4v) is 2.11. The molecular formula is C15H17FN2. The quantitative estimate of drug-likeness (QED) is 0.814. The van der Waals surface area contributed by atoms with E-state index in [1.54, 1.807) is 13.0 Å². The summed E-state index contributed by atoms with van der Waals surface area (Å²) in [5, 5.41) is 0. The lowest BCUT2D eigenvalue weighted by atomic mass is 10.1. The summed E-state index contributed by atoms with van der Waals surface area (Å²) in [7, 11) is 1.94. The summed E-state index contributed by atoms with van der Waals surface area (Å²) in [4.78, 5) is 1.98. The van der Waals surface area contributed by atoms with Gasteiger partial charge in [-0.3, -0.25) is 0 Å². The van der Waals surface area contributed by atoms with Crippen LogP contribution in [0.4, 0.5) is 21.5 Å². The Balaban J connectivity index is 2.48. The van der Waals surface area contributed by atoms with Crippen molar-refractivity contribution in [2.24, 2.45) is 0 Å². The largest absolute Gasteiger partial charge is 0.397 e. The molecule has 2 nitrogen and oxygen atoms in total. The molecule has 0 unspecified atom stereocenters. The van der Waals surface area contributed by atoms with E-state index in [4.69, 9.17) is 5.73 Å². The van der Waals surface area contributed by atoms with Crippen molar-refractivity contribution in [1.29, 1.82) is 0 Å². The maximum atomic E-state index is 13.3. The first-order valence-electron chi connectivity index (χ1n) is 5.85. The molecule has 3 heteroatoms. The lowest BCUT2D eigenvalue weighted by molar-refractivity contribution is 0.618. The number of benzene rings is 2. The number of nitrogen functional groups attached to an aromatic ring is 1. The summed E-state index contributed by atoms with van der Waals surface area (Å²) in [5.74, 6) is -0.190. The highest BCUT2D eigenvalue weighted by Gasteiger charge is 2.11. The van der Waals surface area contributed by atoms with Gasteiger partial charge >= 0.3 is 0 Å². The molecule has 0 aliphatic rings. The molecule has 2 aromatic carbocycles. The van der Waals surface area contributed by atoms with Gasteiger partial charge in [0.25, 0.3) is 0 Å². The van der Waals surface area contributed by atoms with Crippen molar-refractivity contribution in [1.82, 2.24) is 0 Å². The lowest BCUT2D eigenvalue weighted by Crippen LogP contribution is -2.13. The van der Waals surface area contributed by atoms with Crippen molar-refractivity contribution in [2.45, 2.75) is 13.8 Å². The van der Waals surface area contributed by atoms with Crippen LogP contribution in [0.5, 0.6) is 0 Å². The molecule has 0 spiro atoms. The zero-order valence-electron chi connectivity index (χ0n) is 10.9. The molecule has 0 aromatic heterocycles. The zero-order valence-corrected chi connectivity index (χ0v) is 10.9. The third-order valence-corrected chi connectivity index (χ3v) is 3.13. The number of nitrogens with two attached hydrogens (primary N) is 1. The van der Waals surface area contributed by atoms with Gasteiger partial charge in [0.05, 0.1) is 11.4 Å². The predicted molar refractivity (Wildman–Crippen MR) is 74.8 cm³/mol. The third-order valence-electron chi connectivity index (χ3n) is 3.13. The Labute approximate surface area is 107 Å². The predicted octanol–water partition coefficient (Wildman–Crippen LogP) is 3.79. The molecule has 0 radical (unpaired) electrons. The Morgan fingerprint density at radius 2 is 1.78 bits per heavy atom. The third kappa shape index (κ3) is 2.16. The molecule has 2 N–H and O–H groups in total. The van der Waals surface area contributed by atoms with E-state index in [2.05, 4.69) is 0 Å². The molecule has 0 heterocycles. The molecule has 0 aliphatic carbocycles. The van der Waals surface area contributed by atoms with Crippen LogP contribution >= 0.6 is 0 Å². The molecular weight excluding hydrogens is 227 g/mol. The number of para-hydroxylation sites is 1.